The Morgan fingerprint density at radius 2 is 1.97 bits per heavy atom. The van der Waals surface area contributed by atoms with Crippen molar-refractivity contribution in [1.29, 1.82) is 0 Å². The second kappa shape index (κ2) is 8.30. The highest BCUT2D eigenvalue weighted by Crippen LogP contribution is 2.34. The Bertz CT molecular complexity index is 1040. The largest absolute Gasteiger partial charge is 0.456 e. The van der Waals surface area contributed by atoms with E-state index in [1.807, 2.05) is 19.9 Å². The number of rotatable bonds is 5. The Balaban J connectivity index is 1.30. The van der Waals surface area contributed by atoms with E-state index in [0.717, 1.165) is 61.7 Å². The molecule has 5 heterocycles. The number of aryl methyl sites for hydroxylation is 2. The lowest BCUT2D eigenvalue weighted by molar-refractivity contribution is 0.0676. The van der Waals surface area contributed by atoms with Gasteiger partial charge >= 0.3 is 0 Å². The molecule has 0 spiro atoms. The third-order valence-electron chi connectivity index (χ3n) is 6.25. The van der Waals surface area contributed by atoms with Crippen LogP contribution >= 0.6 is 0 Å². The lowest BCUT2D eigenvalue weighted by atomic mass is 10.00. The molecule has 2 saturated heterocycles. The maximum atomic E-state index is 13.2. The molecular formula is C22H26N4O5. The van der Waals surface area contributed by atoms with Crippen molar-refractivity contribution in [3.8, 4) is 0 Å². The predicted molar refractivity (Wildman–Crippen MR) is 108 cm³/mol. The Morgan fingerprint density at radius 3 is 2.74 bits per heavy atom. The molecule has 0 radical (unpaired) electrons. The van der Waals surface area contributed by atoms with E-state index in [4.69, 9.17) is 18.2 Å². The van der Waals surface area contributed by atoms with Gasteiger partial charge in [0, 0.05) is 37.7 Å². The minimum absolute atomic E-state index is 0.154. The van der Waals surface area contributed by atoms with Crippen molar-refractivity contribution in [2.24, 2.45) is 0 Å². The van der Waals surface area contributed by atoms with Crippen LogP contribution in [0.4, 0.5) is 0 Å². The van der Waals surface area contributed by atoms with Gasteiger partial charge in [-0.25, -0.2) is 0 Å². The number of ether oxygens (including phenoxy) is 1. The maximum Gasteiger partial charge on any atom is 0.290 e. The van der Waals surface area contributed by atoms with Crippen LogP contribution in [0, 0.1) is 13.8 Å². The van der Waals surface area contributed by atoms with E-state index in [0.29, 0.717) is 30.4 Å². The van der Waals surface area contributed by atoms with Gasteiger partial charge in [0.2, 0.25) is 5.89 Å². The number of furan rings is 1. The lowest BCUT2D eigenvalue weighted by Crippen LogP contribution is -2.30. The molecule has 1 unspecified atom stereocenters. The zero-order chi connectivity index (χ0) is 21.4. The van der Waals surface area contributed by atoms with Crippen LogP contribution in [0.5, 0.6) is 0 Å². The molecule has 2 aliphatic heterocycles. The van der Waals surface area contributed by atoms with Gasteiger partial charge in [0.25, 0.3) is 5.91 Å². The Morgan fingerprint density at radius 1 is 1.13 bits per heavy atom. The van der Waals surface area contributed by atoms with Gasteiger partial charge in [-0.15, -0.1) is 0 Å². The second-order valence-corrected chi connectivity index (χ2v) is 8.28. The third-order valence-corrected chi connectivity index (χ3v) is 6.25. The van der Waals surface area contributed by atoms with E-state index in [1.54, 1.807) is 11.0 Å². The highest BCUT2D eigenvalue weighted by atomic mass is 16.5. The summed E-state index contributed by atoms with van der Waals surface area (Å²) in [5.74, 6) is 3.11. The fourth-order valence-corrected chi connectivity index (χ4v) is 4.43. The molecule has 5 rings (SSSR count). The first-order valence-electron chi connectivity index (χ1n) is 10.8. The highest BCUT2D eigenvalue weighted by molar-refractivity contribution is 5.92. The molecule has 0 N–H and O–H groups in total. The summed E-state index contributed by atoms with van der Waals surface area (Å²) < 4.78 is 22.1. The van der Waals surface area contributed by atoms with Gasteiger partial charge < -0.3 is 23.1 Å². The van der Waals surface area contributed by atoms with Gasteiger partial charge in [-0.3, -0.25) is 4.79 Å². The molecule has 9 heteroatoms. The van der Waals surface area contributed by atoms with Crippen LogP contribution in [0.25, 0.3) is 0 Å². The molecule has 31 heavy (non-hydrogen) atoms. The van der Waals surface area contributed by atoms with E-state index >= 15 is 0 Å². The summed E-state index contributed by atoms with van der Waals surface area (Å²) in [5.41, 5.74) is 1.82. The van der Waals surface area contributed by atoms with E-state index in [1.165, 1.54) is 0 Å². The number of likely N-dealkylation sites (tertiary alicyclic amines) is 1. The van der Waals surface area contributed by atoms with Gasteiger partial charge in [-0.2, -0.15) is 4.98 Å². The van der Waals surface area contributed by atoms with E-state index < -0.39 is 0 Å². The lowest BCUT2D eigenvalue weighted by Gasteiger charge is -2.21. The normalized spacial score (nSPS) is 19.9. The van der Waals surface area contributed by atoms with Crippen molar-refractivity contribution >= 4 is 5.91 Å². The van der Waals surface area contributed by atoms with Crippen molar-refractivity contribution in [2.45, 2.75) is 57.9 Å². The molecule has 164 valence electrons. The summed E-state index contributed by atoms with van der Waals surface area (Å²) in [7, 11) is 0. The van der Waals surface area contributed by atoms with Crippen LogP contribution in [-0.2, 0) is 11.2 Å². The SMILES string of the molecule is Cc1noc(C)c1Cc1ccc(C(=O)N2CCCC2c2nc(C3CCOCC3)no2)o1. The van der Waals surface area contributed by atoms with Crippen LogP contribution in [0.15, 0.2) is 25.6 Å². The average molecular weight is 426 g/mol. The monoisotopic (exact) mass is 426 g/mol. The molecule has 0 saturated carbocycles. The molecule has 9 nitrogen and oxygen atoms in total. The fourth-order valence-electron chi connectivity index (χ4n) is 4.43. The molecular weight excluding hydrogens is 400 g/mol. The van der Waals surface area contributed by atoms with Crippen molar-refractivity contribution in [3.05, 3.63) is 52.4 Å². The molecule has 0 bridgehead atoms. The number of amides is 1. The smallest absolute Gasteiger partial charge is 0.290 e. The van der Waals surface area contributed by atoms with Crippen LogP contribution in [-0.4, -0.2) is 45.9 Å². The molecule has 1 atom stereocenters. The molecule has 1 amide bonds. The van der Waals surface area contributed by atoms with E-state index in [9.17, 15) is 4.79 Å². The molecule has 2 aliphatic rings. The maximum absolute atomic E-state index is 13.2. The van der Waals surface area contributed by atoms with Gasteiger partial charge in [-0.05, 0) is 51.7 Å². The number of hydrogen-bond donors (Lipinski definition) is 0. The van der Waals surface area contributed by atoms with Gasteiger partial charge in [0.05, 0.1) is 5.69 Å². The van der Waals surface area contributed by atoms with Crippen molar-refractivity contribution in [3.63, 3.8) is 0 Å². The summed E-state index contributed by atoms with van der Waals surface area (Å²) in [6, 6.07) is 3.34. The first kappa shape index (κ1) is 20.0. The molecule has 0 aromatic carbocycles. The minimum Gasteiger partial charge on any atom is -0.456 e. The van der Waals surface area contributed by atoms with Crippen LogP contribution < -0.4 is 0 Å². The quantitative estimate of drug-likeness (QED) is 0.607. The van der Waals surface area contributed by atoms with Crippen LogP contribution in [0.1, 0.15) is 82.7 Å². The summed E-state index contributed by atoms with van der Waals surface area (Å²) in [5, 5.41) is 8.17. The van der Waals surface area contributed by atoms with E-state index in [2.05, 4.69) is 15.3 Å². The first-order valence-corrected chi connectivity index (χ1v) is 10.8. The first-order chi connectivity index (χ1) is 15.1. The number of hydrogen-bond acceptors (Lipinski definition) is 8. The summed E-state index contributed by atoms with van der Waals surface area (Å²) in [4.78, 5) is 19.6. The second-order valence-electron chi connectivity index (χ2n) is 8.28. The zero-order valence-corrected chi connectivity index (χ0v) is 17.8. The van der Waals surface area contributed by atoms with Gasteiger partial charge in [0.15, 0.2) is 11.6 Å². The Kier molecular flexibility index (Phi) is 5.35. The standard InChI is InChI=1S/C22H26N4O5/c1-13-17(14(2)30-24-13)12-16-5-6-19(29-16)22(27)26-9-3-4-18(26)21-23-20(25-31-21)15-7-10-28-11-8-15/h5-6,15,18H,3-4,7-12H2,1-2H3. The highest BCUT2D eigenvalue weighted by Gasteiger charge is 2.36. The Labute approximate surface area is 179 Å². The zero-order valence-electron chi connectivity index (χ0n) is 17.8. The average Bonchev–Trinajstić information content (AvgIpc) is 3.58. The number of nitrogens with zero attached hydrogens (tertiary/aromatic N) is 4. The minimum atomic E-state index is -0.218. The van der Waals surface area contributed by atoms with Crippen molar-refractivity contribution in [1.82, 2.24) is 20.2 Å². The topological polar surface area (TPSA) is 108 Å². The predicted octanol–water partition coefficient (Wildman–Crippen LogP) is 3.73. The van der Waals surface area contributed by atoms with Crippen LogP contribution in [0.3, 0.4) is 0 Å². The van der Waals surface area contributed by atoms with Gasteiger partial charge in [0.1, 0.15) is 17.6 Å². The summed E-state index contributed by atoms with van der Waals surface area (Å²) in [6.07, 6.45) is 4.01. The number of carbonyl (C=O) groups is 1. The number of aromatic nitrogens is 3. The fraction of sp³-hybridized carbons (Fsp3) is 0.545. The molecule has 2 fully saturated rings. The number of carbonyl (C=O) groups excluding carboxylic acids is 1. The summed E-state index contributed by atoms with van der Waals surface area (Å²) >= 11 is 0. The van der Waals surface area contributed by atoms with Crippen molar-refractivity contribution < 1.29 is 23.0 Å². The molecule has 3 aromatic rings. The van der Waals surface area contributed by atoms with Crippen molar-refractivity contribution in [2.75, 3.05) is 19.8 Å². The molecule has 0 aliphatic carbocycles. The Hall–Kier alpha value is -2.94. The third kappa shape index (κ3) is 3.89. The van der Waals surface area contributed by atoms with Crippen LogP contribution in [0.2, 0.25) is 0 Å². The summed E-state index contributed by atoms with van der Waals surface area (Å²) in [6.45, 7) is 5.85. The van der Waals surface area contributed by atoms with Gasteiger partial charge in [-0.1, -0.05) is 10.3 Å². The molecule has 3 aromatic heterocycles. The van der Waals surface area contributed by atoms with E-state index in [-0.39, 0.29) is 17.9 Å².